The number of carboxylic acids is 1. The molecule has 0 aliphatic heterocycles. The first kappa shape index (κ1) is 18.3. The molecular formula is C20H17N3O4. The highest BCUT2D eigenvalue weighted by Gasteiger charge is 2.09. The zero-order valence-corrected chi connectivity index (χ0v) is 14.2. The van der Waals surface area contributed by atoms with E-state index in [1.165, 1.54) is 24.3 Å². The van der Waals surface area contributed by atoms with Gasteiger partial charge in [-0.2, -0.15) is 10.3 Å². The van der Waals surface area contributed by atoms with Crippen molar-refractivity contribution in [2.45, 2.75) is 0 Å². The van der Waals surface area contributed by atoms with E-state index in [0.29, 0.717) is 11.4 Å². The largest absolute Gasteiger partial charge is 0.595 e. The average Bonchev–Trinajstić information content (AvgIpc) is 2.69. The number of aromatic carboxylic acids is 1. The Balaban J connectivity index is 1.92. The van der Waals surface area contributed by atoms with Crippen LogP contribution in [0, 0.1) is 5.21 Å². The summed E-state index contributed by atoms with van der Waals surface area (Å²) in [5.74, 6) is -0.992. The Hall–Kier alpha value is -3.52. The first-order valence-electron chi connectivity index (χ1n) is 8.11. The van der Waals surface area contributed by atoms with Crippen LogP contribution < -0.4 is 10.7 Å². The molecule has 0 fully saturated rings. The fourth-order valence-corrected chi connectivity index (χ4v) is 2.47. The summed E-state index contributed by atoms with van der Waals surface area (Å²) >= 11 is 0. The number of benzene rings is 3. The number of nitrogens with zero attached hydrogens (tertiary/aromatic N) is 1. The number of nitrogens with one attached hydrogen (secondary N) is 2. The van der Waals surface area contributed by atoms with Crippen molar-refractivity contribution in [1.82, 2.24) is 0 Å². The molecule has 136 valence electrons. The van der Waals surface area contributed by atoms with Gasteiger partial charge in [0.2, 0.25) is 0 Å². The maximum absolute atomic E-state index is 11.1. The Bertz CT molecular complexity index is 937. The van der Waals surface area contributed by atoms with E-state index >= 15 is 0 Å². The Morgan fingerprint density at radius 1 is 0.852 bits per heavy atom. The lowest BCUT2D eigenvalue weighted by atomic mass is 10.0. The molecule has 0 aliphatic carbocycles. The maximum atomic E-state index is 11.1. The van der Waals surface area contributed by atoms with Crippen LogP contribution in [0.3, 0.4) is 0 Å². The molecule has 1 unspecified atom stereocenters. The molecule has 0 aliphatic rings. The summed E-state index contributed by atoms with van der Waals surface area (Å²) in [5.41, 5.74) is 6.19. The van der Waals surface area contributed by atoms with E-state index in [-0.39, 0.29) is 11.3 Å². The van der Waals surface area contributed by atoms with Gasteiger partial charge < -0.3 is 10.3 Å². The number of anilines is 1. The van der Waals surface area contributed by atoms with Gasteiger partial charge in [-0.3, -0.25) is 5.43 Å². The highest BCUT2D eigenvalue weighted by Crippen LogP contribution is 2.15. The third-order valence-corrected chi connectivity index (χ3v) is 3.88. The number of rotatable bonds is 6. The second-order valence-electron chi connectivity index (χ2n) is 5.70. The molecule has 0 saturated carbocycles. The molecule has 0 heterocycles. The minimum absolute atomic E-state index is 0.192. The van der Waals surface area contributed by atoms with E-state index < -0.39 is 11.2 Å². The molecule has 0 saturated heterocycles. The van der Waals surface area contributed by atoms with Gasteiger partial charge in [-0.15, -0.1) is 0 Å². The Kier molecular flexibility index (Phi) is 5.58. The van der Waals surface area contributed by atoms with Gasteiger partial charge in [0.15, 0.2) is 5.69 Å². The monoisotopic (exact) mass is 363 g/mol. The second-order valence-corrected chi connectivity index (χ2v) is 5.70. The lowest BCUT2D eigenvalue weighted by molar-refractivity contribution is -0.991. The smallest absolute Gasteiger partial charge is 0.335 e. The molecule has 4 N–H and O–H groups in total. The number of hydrogen-bond acceptors (Lipinski definition) is 5. The molecule has 3 rings (SSSR count). The summed E-state index contributed by atoms with van der Waals surface area (Å²) < 4.78 is 0. The van der Waals surface area contributed by atoms with E-state index in [9.17, 15) is 10.0 Å². The van der Waals surface area contributed by atoms with Gasteiger partial charge in [0, 0.05) is 23.3 Å². The molecule has 0 radical (unpaired) electrons. The molecule has 7 heteroatoms. The molecule has 0 spiro atoms. The third kappa shape index (κ3) is 4.56. The molecule has 27 heavy (non-hydrogen) atoms. The van der Waals surface area contributed by atoms with Crippen LogP contribution in [0.4, 0.5) is 11.4 Å². The summed E-state index contributed by atoms with van der Waals surface area (Å²) in [6.45, 7) is 0. The van der Waals surface area contributed by atoms with Gasteiger partial charge in [0.25, 0.3) is 0 Å². The highest BCUT2D eigenvalue weighted by atomic mass is 16.8. The summed E-state index contributed by atoms with van der Waals surface area (Å²) in [6, 6.07) is 22.2. The van der Waals surface area contributed by atoms with Crippen LogP contribution in [0.15, 0.2) is 84.0 Å². The van der Waals surface area contributed by atoms with Crippen molar-refractivity contribution in [1.29, 1.82) is 0 Å². The third-order valence-electron chi connectivity index (χ3n) is 3.88. The Morgan fingerprint density at radius 2 is 1.41 bits per heavy atom. The minimum atomic E-state index is -0.992. The first-order valence-corrected chi connectivity index (χ1v) is 8.11. The van der Waals surface area contributed by atoms with Crippen LogP contribution in [0.25, 0.3) is 0 Å². The molecule has 3 aromatic carbocycles. The summed E-state index contributed by atoms with van der Waals surface area (Å²) in [5, 5.41) is 32.5. The van der Waals surface area contributed by atoms with Crippen molar-refractivity contribution in [2.75, 3.05) is 5.43 Å². The van der Waals surface area contributed by atoms with Crippen molar-refractivity contribution in [2.24, 2.45) is 5.10 Å². The van der Waals surface area contributed by atoms with Gasteiger partial charge in [0.05, 0.1) is 17.0 Å². The van der Waals surface area contributed by atoms with Gasteiger partial charge in [-0.05, 0) is 36.4 Å². The minimum Gasteiger partial charge on any atom is -0.595 e. The quantitative estimate of drug-likeness (QED) is 0.398. The van der Waals surface area contributed by atoms with E-state index in [1.807, 2.05) is 30.3 Å². The number of quaternary nitrogens is 1. The highest BCUT2D eigenvalue weighted by molar-refractivity contribution is 6.13. The first-order chi connectivity index (χ1) is 13.0. The summed E-state index contributed by atoms with van der Waals surface area (Å²) in [6.07, 6.45) is 0. The molecule has 3 aromatic rings. The number of hydrazone groups is 1. The van der Waals surface area contributed by atoms with E-state index in [0.717, 1.165) is 11.1 Å². The zero-order chi connectivity index (χ0) is 19.2. The summed E-state index contributed by atoms with van der Waals surface area (Å²) in [4.78, 5) is 10.9. The van der Waals surface area contributed by atoms with E-state index in [1.54, 1.807) is 24.3 Å². The van der Waals surface area contributed by atoms with E-state index in [4.69, 9.17) is 10.3 Å². The van der Waals surface area contributed by atoms with Crippen molar-refractivity contribution >= 4 is 23.1 Å². The normalized spacial score (nSPS) is 12.4. The molecule has 0 amide bonds. The van der Waals surface area contributed by atoms with Crippen molar-refractivity contribution in [3.8, 4) is 0 Å². The lowest BCUT2D eigenvalue weighted by Gasteiger charge is -2.13. The predicted molar refractivity (Wildman–Crippen MR) is 101 cm³/mol. The van der Waals surface area contributed by atoms with Crippen molar-refractivity contribution in [3.05, 3.63) is 101 Å². The topological polar surface area (TPSA) is 109 Å². The molecular weight excluding hydrogens is 346 g/mol. The second kappa shape index (κ2) is 8.24. The van der Waals surface area contributed by atoms with Crippen LogP contribution in [0.1, 0.15) is 21.5 Å². The van der Waals surface area contributed by atoms with Gasteiger partial charge in [-0.25, -0.2) is 10.0 Å². The van der Waals surface area contributed by atoms with Crippen molar-refractivity contribution < 1.29 is 20.3 Å². The number of hydrogen-bond donors (Lipinski definition) is 4. The molecule has 0 bridgehead atoms. The number of carbonyl (C=O) groups is 1. The molecule has 1 atom stereocenters. The standard InChI is InChI=1S/C20H17N3O4/c24-20(25)16-6-10-17(11-7-16)21-22-19(14-4-2-1-3-5-14)15-8-12-18(13-9-15)23(26)27/h1-13,21,23,26H,(H,24,25). The molecule has 0 aromatic heterocycles. The average molecular weight is 363 g/mol. The fraction of sp³-hybridized carbons (Fsp3) is 0. The van der Waals surface area contributed by atoms with Gasteiger partial charge >= 0.3 is 5.97 Å². The van der Waals surface area contributed by atoms with Crippen LogP contribution in [-0.2, 0) is 0 Å². The zero-order valence-electron chi connectivity index (χ0n) is 14.2. The van der Waals surface area contributed by atoms with Crippen molar-refractivity contribution in [3.63, 3.8) is 0 Å². The molecule has 7 nitrogen and oxygen atoms in total. The van der Waals surface area contributed by atoms with Crippen LogP contribution in [0.5, 0.6) is 0 Å². The van der Waals surface area contributed by atoms with E-state index in [2.05, 4.69) is 10.5 Å². The van der Waals surface area contributed by atoms with Gasteiger partial charge in [0.1, 0.15) is 0 Å². The predicted octanol–water partition coefficient (Wildman–Crippen LogP) is 2.65. The number of carboxylic acid groups (broad SMARTS) is 1. The van der Waals surface area contributed by atoms with Crippen LogP contribution in [-0.4, -0.2) is 22.0 Å². The lowest BCUT2D eigenvalue weighted by Crippen LogP contribution is -2.99. The Labute approximate surface area is 155 Å². The maximum Gasteiger partial charge on any atom is 0.335 e. The van der Waals surface area contributed by atoms with Crippen LogP contribution in [0.2, 0.25) is 0 Å². The Morgan fingerprint density at radius 3 is 1.96 bits per heavy atom. The SMILES string of the molecule is O=C(O)c1ccc(NN=C(c2ccccc2)c2ccc([NH+]([O-])O)cc2)cc1. The fourth-order valence-electron chi connectivity index (χ4n) is 2.47. The van der Waals surface area contributed by atoms with Crippen LogP contribution >= 0.6 is 0 Å². The van der Waals surface area contributed by atoms with Gasteiger partial charge in [-0.1, -0.05) is 30.3 Å². The summed E-state index contributed by atoms with van der Waals surface area (Å²) in [7, 11) is 0.